The van der Waals surface area contributed by atoms with E-state index in [0.29, 0.717) is 19.1 Å². The summed E-state index contributed by atoms with van der Waals surface area (Å²) in [5.41, 5.74) is 9.18. The monoisotopic (exact) mass is 417 g/mol. The zero-order valence-electron chi connectivity index (χ0n) is 12.1. The van der Waals surface area contributed by atoms with Crippen LogP contribution in [0, 0.1) is 6.92 Å². The largest absolute Gasteiger partial charge is 0.380 e. The zero-order valence-corrected chi connectivity index (χ0v) is 15.3. The van der Waals surface area contributed by atoms with Crippen LogP contribution in [0.15, 0.2) is 40.7 Å². The van der Waals surface area contributed by atoms with Gasteiger partial charge in [0.15, 0.2) is 5.96 Å². The summed E-state index contributed by atoms with van der Waals surface area (Å²) in [6, 6.07) is 9.99. The minimum absolute atomic E-state index is 0. The molecule has 0 aliphatic heterocycles. The molecule has 0 aliphatic rings. The number of nitrogens with zero attached hydrogens (tertiary/aromatic N) is 1. The standard InChI is InChI=1S/C15H19N3OS.HI/c1-11-7-8-20-14(11)9-17-15(16)18-13-6-4-3-5-12(13)10-19-2;/h3-8H,9-10H2,1-2H3,(H3,16,17,18);1H. The zero-order chi connectivity index (χ0) is 14.4. The Kier molecular flexibility index (Phi) is 7.69. The fourth-order valence-electron chi connectivity index (χ4n) is 1.82. The average Bonchev–Trinajstić information content (AvgIpc) is 2.84. The number of ether oxygens (including phenoxy) is 1. The van der Waals surface area contributed by atoms with Crippen molar-refractivity contribution < 1.29 is 4.74 Å². The third-order valence-electron chi connectivity index (χ3n) is 2.94. The van der Waals surface area contributed by atoms with E-state index in [1.807, 2.05) is 24.3 Å². The molecule has 0 atom stereocenters. The maximum absolute atomic E-state index is 5.94. The highest BCUT2D eigenvalue weighted by Crippen LogP contribution is 2.17. The van der Waals surface area contributed by atoms with Crippen molar-refractivity contribution in [3.63, 3.8) is 0 Å². The lowest BCUT2D eigenvalue weighted by Gasteiger charge is -2.10. The van der Waals surface area contributed by atoms with Gasteiger partial charge in [-0.1, -0.05) is 18.2 Å². The summed E-state index contributed by atoms with van der Waals surface area (Å²) in [5, 5.41) is 5.20. The number of guanidine groups is 1. The fraction of sp³-hybridized carbons (Fsp3) is 0.267. The molecule has 0 spiro atoms. The minimum Gasteiger partial charge on any atom is -0.380 e. The fourth-order valence-corrected chi connectivity index (χ4v) is 2.65. The molecule has 1 heterocycles. The van der Waals surface area contributed by atoms with Gasteiger partial charge in [-0.05, 0) is 30.0 Å². The number of nitrogens with one attached hydrogen (secondary N) is 1. The Balaban J connectivity index is 0.00000220. The molecular weight excluding hydrogens is 397 g/mol. The maximum atomic E-state index is 5.94. The van der Waals surface area contributed by atoms with Gasteiger partial charge in [-0.25, -0.2) is 4.99 Å². The topological polar surface area (TPSA) is 59.6 Å². The Labute approximate surface area is 146 Å². The Morgan fingerprint density at radius 2 is 2.10 bits per heavy atom. The van der Waals surface area contributed by atoms with Crippen LogP contribution < -0.4 is 11.1 Å². The van der Waals surface area contributed by atoms with Gasteiger partial charge >= 0.3 is 0 Å². The number of aliphatic imine (C=N–C) groups is 1. The van der Waals surface area contributed by atoms with Crippen molar-refractivity contribution >= 4 is 47.0 Å². The molecule has 0 saturated heterocycles. The molecule has 0 aliphatic carbocycles. The van der Waals surface area contributed by atoms with E-state index in [2.05, 4.69) is 28.7 Å². The molecular formula is C15H20IN3OS. The SMILES string of the molecule is COCc1ccccc1NC(N)=NCc1sccc1C.I. The van der Waals surface area contributed by atoms with Gasteiger partial charge in [-0.15, -0.1) is 35.3 Å². The number of hydrogen-bond donors (Lipinski definition) is 2. The van der Waals surface area contributed by atoms with Crippen LogP contribution in [0.25, 0.3) is 0 Å². The molecule has 2 aromatic rings. The van der Waals surface area contributed by atoms with Crippen molar-refractivity contribution in [2.24, 2.45) is 10.7 Å². The van der Waals surface area contributed by atoms with Crippen LogP contribution >= 0.6 is 35.3 Å². The Bertz CT molecular complexity index is 598. The first-order valence-electron chi connectivity index (χ1n) is 6.37. The number of benzene rings is 1. The molecule has 114 valence electrons. The molecule has 0 amide bonds. The highest BCUT2D eigenvalue weighted by Gasteiger charge is 2.03. The minimum atomic E-state index is 0. The second kappa shape index (κ2) is 9.01. The molecule has 0 fully saturated rings. The smallest absolute Gasteiger partial charge is 0.193 e. The van der Waals surface area contributed by atoms with E-state index < -0.39 is 0 Å². The number of halogens is 1. The van der Waals surface area contributed by atoms with E-state index in [0.717, 1.165) is 11.3 Å². The highest BCUT2D eigenvalue weighted by atomic mass is 127. The molecule has 0 bridgehead atoms. The average molecular weight is 417 g/mol. The van der Waals surface area contributed by atoms with E-state index in [1.165, 1.54) is 10.4 Å². The van der Waals surface area contributed by atoms with Gasteiger partial charge in [0.1, 0.15) is 0 Å². The van der Waals surface area contributed by atoms with Gasteiger partial charge in [0, 0.05) is 23.2 Å². The summed E-state index contributed by atoms with van der Waals surface area (Å²) in [4.78, 5) is 5.61. The summed E-state index contributed by atoms with van der Waals surface area (Å²) in [5.74, 6) is 0.418. The van der Waals surface area contributed by atoms with Gasteiger partial charge in [-0.3, -0.25) is 0 Å². The van der Waals surface area contributed by atoms with Crippen LogP contribution in [-0.4, -0.2) is 13.1 Å². The first-order chi connectivity index (χ1) is 9.70. The lowest BCUT2D eigenvalue weighted by molar-refractivity contribution is 0.185. The first kappa shape index (κ1) is 17.9. The van der Waals surface area contributed by atoms with Gasteiger partial charge in [0.25, 0.3) is 0 Å². The molecule has 0 unspecified atom stereocenters. The highest BCUT2D eigenvalue weighted by molar-refractivity contribution is 14.0. The molecule has 0 radical (unpaired) electrons. The summed E-state index contributed by atoms with van der Waals surface area (Å²) in [6.45, 7) is 3.23. The third-order valence-corrected chi connectivity index (χ3v) is 3.95. The van der Waals surface area contributed by atoms with E-state index >= 15 is 0 Å². The molecule has 4 nitrogen and oxygen atoms in total. The van der Waals surface area contributed by atoms with Crippen molar-refractivity contribution in [2.45, 2.75) is 20.1 Å². The lowest BCUT2D eigenvalue weighted by atomic mass is 10.2. The van der Waals surface area contributed by atoms with Crippen molar-refractivity contribution in [1.82, 2.24) is 0 Å². The van der Waals surface area contributed by atoms with Gasteiger partial charge in [0.05, 0.1) is 13.2 Å². The summed E-state index contributed by atoms with van der Waals surface area (Å²) < 4.78 is 5.17. The molecule has 2 rings (SSSR count). The van der Waals surface area contributed by atoms with Crippen LogP contribution in [0.3, 0.4) is 0 Å². The van der Waals surface area contributed by atoms with Crippen molar-refractivity contribution in [3.8, 4) is 0 Å². The molecule has 6 heteroatoms. The van der Waals surface area contributed by atoms with Gasteiger partial charge in [-0.2, -0.15) is 0 Å². The first-order valence-corrected chi connectivity index (χ1v) is 7.25. The molecule has 1 aromatic heterocycles. The van der Waals surface area contributed by atoms with Crippen LogP contribution in [0.4, 0.5) is 5.69 Å². The normalized spacial score (nSPS) is 11.0. The van der Waals surface area contributed by atoms with Crippen LogP contribution in [0.5, 0.6) is 0 Å². The van der Waals surface area contributed by atoms with Crippen molar-refractivity contribution in [2.75, 3.05) is 12.4 Å². The van der Waals surface area contributed by atoms with Crippen LogP contribution in [0.2, 0.25) is 0 Å². The Morgan fingerprint density at radius 1 is 1.33 bits per heavy atom. The number of para-hydroxylation sites is 1. The summed E-state index contributed by atoms with van der Waals surface area (Å²) in [7, 11) is 1.67. The van der Waals surface area contributed by atoms with Crippen molar-refractivity contribution in [3.05, 3.63) is 51.7 Å². The molecule has 21 heavy (non-hydrogen) atoms. The molecule has 1 aromatic carbocycles. The number of anilines is 1. The van der Waals surface area contributed by atoms with Gasteiger partial charge in [0.2, 0.25) is 0 Å². The summed E-state index contributed by atoms with van der Waals surface area (Å²) in [6.07, 6.45) is 0. The third kappa shape index (κ3) is 5.29. The quantitative estimate of drug-likeness (QED) is 0.443. The lowest BCUT2D eigenvalue weighted by Crippen LogP contribution is -2.23. The predicted octanol–water partition coefficient (Wildman–Crippen LogP) is 3.75. The second-order valence-corrected chi connectivity index (χ2v) is 5.44. The van der Waals surface area contributed by atoms with E-state index in [1.54, 1.807) is 18.4 Å². The number of thiophene rings is 1. The number of aryl methyl sites for hydroxylation is 1. The van der Waals surface area contributed by atoms with Crippen LogP contribution in [-0.2, 0) is 17.9 Å². The number of hydrogen-bond acceptors (Lipinski definition) is 3. The number of methoxy groups -OCH3 is 1. The van der Waals surface area contributed by atoms with E-state index in [9.17, 15) is 0 Å². The Morgan fingerprint density at radius 3 is 2.76 bits per heavy atom. The number of rotatable bonds is 5. The molecule has 3 N–H and O–H groups in total. The van der Waals surface area contributed by atoms with E-state index in [4.69, 9.17) is 10.5 Å². The van der Waals surface area contributed by atoms with E-state index in [-0.39, 0.29) is 24.0 Å². The summed E-state index contributed by atoms with van der Waals surface area (Å²) >= 11 is 1.70. The second-order valence-electron chi connectivity index (χ2n) is 4.44. The molecule has 0 saturated carbocycles. The van der Waals surface area contributed by atoms with Crippen LogP contribution in [0.1, 0.15) is 16.0 Å². The Hall–Kier alpha value is -1.12. The van der Waals surface area contributed by atoms with Gasteiger partial charge < -0.3 is 15.8 Å². The predicted molar refractivity (Wildman–Crippen MR) is 101 cm³/mol. The maximum Gasteiger partial charge on any atom is 0.193 e. The number of nitrogens with two attached hydrogens (primary N) is 1. The van der Waals surface area contributed by atoms with Crippen molar-refractivity contribution in [1.29, 1.82) is 0 Å².